The molecule has 11 heavy (non-hydrogen) atoms. The first kappa shape index (κ1) is 9.40. The Balaban J connectivity index is 3.08. The third-order valence-electron chi connectivity index (χ3n) is 1.07. The van der Waals surface area contributed by atoms with E-state index < -0.39 is 10.1 Å². The summed E-state index contributed by atoms with van der Waals surface area (Å²) >= 11 is 22.2. The van der Waals surface area contributed by atoms with Gasteiger partial charge in [0, 0.05) is 0 Å². The average Bonchev–Trinajstić information content (AvgIpc) is 1.81. The Kier molecular flexibility index (Phi) is 2.55. The largest absolute Gasteiger partial charge is 0.287 e. The van der Waals surface area contributed by atoms with Crippen molar-refractivity contribution in [3.8, 4) is 0 Å². The predicted octanol–water partition coefficient (Wildman–Crippen LogP) is 2.99. The molecule has 60 valence electrons. The zero-order chi connectivity index (χ0) is 8.65. The monoisotopic (exact) mass is 230 g/mol. The van der Waals surface area contributed by atoms with Gasteiger partial charge in [-0.15, -0.1) is 0 Å². The van der Waals surface area contributed by atoms with E-state index in [1.165, 1.54) is 12.2 Å². The van der Waals surface area contributed by atoms with Crippen LogP contribution in [0.3, 0.4) is 0 Å². The van der Waals surface area contributed by atoms with Gasteiger partial charge in [0.15, 0.2) is 4.33 Å². The van der Waals surface area contributed by atoms with Gasteiger partial charge in [0.2, 0.25) is 5.78 Å². The molecule has 0 aromatic carbocycles. The molecule has 0 fully saturated rings. The first-order valence-electron chi connectivity index (χ1n) is 2.61. The summed E-state index contributed by atoms with van der Waals surface area (Å²) in [5.41, 5.74) is 0. The summed E-state index contributed by atoms with van der Waals surface area (Å²) in [6.45, 7) is 0. The number of carbonyl (C=O) groups is 1. The van der Waals surface area contributed by atoms with Crippen molar-refractivity contribution in [3.63, 3.8) is 0 Å². The molecule has 5 heteroatoms. The van der Waals surface area contributed by atoms with Crippen LogP contribution in [0.4, 0.5) is 0 Å². The number of alkyl halides is 2. The third-order valence-corrected chi connectivity index (χ3v) is 2.07. The second-order valence-corrected chi connectivity index (χ2v) is 4.25. The van der Waals surface area contributed by atoms with Crippen LogP contribution in [0, 0.1) is 0 Å². The molecule has 0 radical (unpaired) electrons. The Hall–Kier alpha value is 0.310. The molecule has 0 saturated heterocycles. The van der Waals surface area contributed by atoms with Gasteiger partial charge in [-0.2, -0.15) is 0 Å². The number of ketones is 1. The number of hydrogen-bond acceptors (Lipinski definition) is 1. The van der Waals surface area contributed by atoms with Gasteiger partial charge in [-0.1, -0.05) is 46.4 Å². The lowest BCUT2D eigenvalue weighted by molar-refractivity contribution is -0.111. The average molecular weight is 232 g/mol. The van der Waals surface area contributed by atoms with Gasteiger partial charge in [-0.3, -0.25) is 4.79 Å². The van der Waals surface area contributed by atoms with E-state index in [1.54, 1.807) is 0 Å². The summed E-state index contributed by atoms with van der Waals surface area (Å²) < 4.78 is -1.26. The highest BCUT2D eigenvalue weighted by Gasteiger charge is 2.28. The summed E-state index contributed by atoms with van der Waals surface area (Å²) in [5.74, 6) is -0.453. The molecular weight excluding hydrogens is 230 g/mol. The van der Waals surface area contributed by atoms with E-state index in [2.05, 4.69) is 0 Å². The Morgan fingerprint density at radius 1 is 1.09 bits per heavy atom. The van der Waals surface area contributed by atoms with Crippen molar-refractivity contribution in [1.29, 1.82) is 0 Å². The van der Waals surface area contributed by atoms with Crippen molar-refractivity contribution in [1.82, 2.24) is 0 Å². The molecule has 0 unspecified atom stereocenters. The minimum atomic E-state index is -1.26. The fraction of sp³-hybridized carbons (Fsp3) is 0.167. The van der Waals surface area contributed by atoms with Gasteiger partial charge in [-0.05, 0) is 12.2 Å². The quantitative estimate of drug-likeness (QED) is 0.586. The molecule has 0 amide bonds. The fourth-order valence-corrected chi connectivity index (χ4v) is 1.88. The molecule has 1 aliphatic rings. The first-order valence-corrected chi connectivity index (χ1v) is 4.13. The number of Topliss-reactive ketones (excluding diaryl/α,β-unsaturated/α-hetero) is 1. The van der Waals surface area contributed by atoms with E-state index in [0.717, 1.165) is 0 Å². The lowest BCUT2D eigenvalue weighted by Crippen LogP contribution is -2.15. The first-order chi connectivity index (χ1) is 4.92. The summed E-state index contributed by atoms with van der Waals surface area (Å²) in [6, 6.07) is 0. The molecule has 1 rings (SSSR count). The zero-order valence-corrected chi connectivity index (χ0v) is 8.10. The minimum absolute atomic E-state index is 0.0532. The van der Waals surface area contributed by atoms with E-state index in [-0.39, 0.29) is 10.1 Å². The molecule has 0 bridgehead atoms. The maximum Gasteiger partial charge on any atom is 0.215 e. The van der Waals surface area contributed by atoms with E-state index >= 15 is 0 Å². The second kappa shape index (κ2) is 2.98. The highest BCUT2D eigenvalue weighted by Crippen LogP contribution is 2.34. The van der Waals surface area contributed by atoms with Crippen molar-refractivity contribution in [2.45, 2.75) is 4.33 Å². The van der Waals surface area contributed by atoms with E-state index in [1.807, 2.05) is 0 Å². The molecule has 0 saturated carbocycles. The molecule has 0 N–H and O–H groups in total. The van der Waals surface area contributed by atoms with Crippen molar-refractivity contribution >= 4 is 52.2 Å². The van der Waals surface area contributed by atoms with Crippen LogP contribution in [0.1, 0.15) is 0 Å². The maximum absolute atomic E-state index is 10.9. The minimum Gasteiger partial charge on any atom is -0.287 e. The van der Waals surface area contributed by atoms with Crippen LogP contribution in [0.15, 0.2) is 22.2 Å². The van der Waals surface area contributed by atoms with Gasteiger partial charge in [-0.25, -0.2) is 0 Å². The lowest BCUT2D eigenvalue weighted by Gasteiger charge is -2.15. The van der Waals surface area contributed by atoms with Crippen LogP contribution in [-0.4, -0.2) is 10.1 Å². The van der Waals surface area contributed by atoms with Crippen LogP contribution < -0.4 is 0 Å². The Morgan fingerprint density at radius 3 is 1.82 bits per heavy atom. The fourth-order valence-electron chi connectivity index (χ4n) is 0.625. The van der Waals surface area contributed by atoms with Gasteiger partial charge in [0.1, 0.15) is 0 Å². The predicted molar refractivity (Wildman–Crippen MR) is 47.3 cm³/mol. The van der Waals surface area contributed by atoms with Crippen molar-refractivity contribution in [2.75, 3.05) is 0 Å². The van der Waals surface area contributed by atoms with Gasteiger partial charge in [0.05, 0.1) is 10.1 Å². The van der Waals surface area contributed by atoms with Gasteiger partial charge >= 0.3 is 0 Å². The van der Waals surface area contributed by atoms with Gasteiger partial charge in [0.25, 0.3) is 0 Å². The van der Waals surface area contributed by atoms with E-state index in [4.69, 9.17) is 46.4 Å². The molecule has 0 aromatic rings. The van der Waals surface area contributed by atoms with Crippen LogP contribution in [0.25, 0.3) is 0 Å². The van der Waals surface area contributed by atoms with Gasteiger partial charge < -0.3 is 0 Å². The normalized spacial score (nSPS) is 22.7. The number of hydrogen-bond donors (Lipinski definition) is 0. The molecule has 0 spiro atoms. The highest BCUT2D eigenvalue weighted by molar-refractivity contribution is 6.59. The summed E-state index contributed by atoms with van der Waals surface area (Å²) in [5, 5.41) is -0.106. The van der Waals surface area contributed by atoms with Crippen molar-refractivity contribution < 1.29 is 4.79 Å². The Labute approximate surface area is 83.6 Å². The number of allylic oxidation sites excluding steroid dienone is 4. The molecule has 1 nitrogen and oxygen atoms in total. The Morgan fingerprint density at radius 2 is 1.45 bits per heavy atom. The summed E-state index contributed by atoms with van der Waals surface area (Å²) in [6.07, 6.45) is 2.46. The van der Waals surface area contributed by atoms with Crippen molar-refractivity contribution in [2.24, 2.45) is 0 Å². The maximum atomic E-state index is 10.9. The summed E-state index contributed by atoms with van der Waals surface area (Å²) in [7, 11) is 0. The van der Waals surface area contributed by atoms with Crippen LogP contribution in [0.5, 0.6) is 0 Å². The van der Waals surface area contributed by atoms with Crippen LogP contribution in [-0.2, 0) is 4.79 Å². The summed E-state index contributed by atoms with van der Waals surface area (Å²) in [4.78, 5) is 10.9. The molecule has 0 atom stereocenters. The zero-order valence-electron chi connectivity index (χ0n) is 5.07. The number of carbonyl (C=O) groups excluding carboxylic acids is 1. The third kappa shape index (κ3) is 2.12. The molecular formula is C6H2Cl4O. The van der Waals surface area contributed by atoms with Crippen molar-refractivity contribution in [3.05, 3.63) is 22.2 Å². The smallest absolute Gasteiger partial charge is 0.215 e. The second-order valence-electron chi connectivity index (χ2n) is 1.99. The molecule has 0 aliphatic heterocycles. The SMILES string of the molecule is O=C1C(Cl)=CC(Cl)(Cl)C=C1Cl. The number of halogens is 4. The van der Waals surface area contributed by atoms with E-state index in [9.17, 15) is 4.79 Å². The van der Waals surface area contributed by atoms with E-state index in [0.29, 0.717) is 0 Å². The molecule has 0 aromatic heterocycles. The molecule has 1 aliphatic carbocycles. The topological polar surface area (TPSA) is 17.1 Å². The Bertz CT molecular complexity index is 240. The number of rotatable bonds is 0. The standard InChI is InChI=1S/C6H2Cl4O/c7-3-1-6(9,10)2-4(8)5(3)11/h1-2H. The van der Waals surface area contributed by atoms with Crippen LogP contribution >= 0.6 is 46.4 Å². The molecule has 0 heterocycles. The van der Waals surface area contributed by atoms with Crippen LogP contribution in [0.2, 0.25) is 0 Å². The lowest BCUT2D eigenvalue weighted by atomic mass is 10.2. The highest BCUT2D eigenvalue weighted by atomic mass is 35.5.